The highest BCUT2D eigenvalue weighted by Crippen LogP contribution is 2.37. The second kappa shape index (κ2) is 7.80. The predicted molar refractivity (Wildman–Crippen MR) is 87.2 cm³/mol. The van der Waals surface area contributed by atoms with Crippen molar-refractivity contribution in [2.45, 2.75) is 51.0 Å². The quantitative estimate of drug-likeness (QED) is 0.772. The molecule has 1 N–H and O–H groups in total. The standard InChI is InChI=1S/C18H30N2/c1-4-12-19-18(11-13-20(2)3)17-10-6-9-16(14-17)15-7-5-8-15/h6,9-10,14-15,18-19H,4-5,7-8,11-13H2,1-3H3. The van der Waals surface area contributed by atoms with Crippen molar-refractivity contribution in [3.63, 3.8) is 0 Å². The van der Waals surface area contributed by atoms with Crippen molar-refractivity contribution in [2.75, 3.05) is 27.2 Å². The zero-order valence-corrected chi connectivity index (χ0v) is 13.4. The van der Waals surface area contributed by atoms with Crippen LogP contribution >= 0.6 is 0 Å². The van der Waals surface area contributed by atoms with Gasteiger partial charge in [0, 0.05) is 6.04 Å². The average Bonchev–Trinajstić information content (AvgIpc) is 2.37. The first-order chi connectivity index (χ1) is 9.70. The summed E-state index contributed by atoms with van der Waals surface area (Å²) in [5.41, 5.74) is 3.03. The van der Waals surface area contributed by atoms with E-state index in [2.05, 4.69) is 55.5 Å². The van der Waals surface area contributed by atoms with Crippen LogP contribution in [0.1, 0.15) is 62.1 Å². The Morgan fingerprint density at radius 3 is 2.70 bits per heavy atom. The number of nitrogens with zero attached hydrogens (tertiary/aromatic N) is 1. The SMILES string of the molecule is CCCNC(CCN(C)C)c1cccc(C2CCC2)c1. The van der Waals surface area contributed by atoms with Crippen LogP contribution in [0.3, 0.4) is 0 Å². The highest BCUT2D eigenvalue weighted by molar-refractivity contribution is 5.29. The van der Waals surface area contributed by atoms with Crippen molar-refractivity contribution in [3.05, 3.63) is 35.4 Å². The molecule has 0 spiro atoms. The molecular weight excluding hydrogens is 244 g/mol. The van der Waals surface area contributed by atoms with E-state index in [1.54, 1.807) is 5.56 Å². The first-order valence-corrected chi connectivity index (χ1v) is 8.18. The van der Waals surface area contributed by atoms with Gasteiger partial charge in [-0.1, -0.05) is 37.6 Å². The lowest BCUT2D eigenvalue weighted by atomic mass is 9.79. The fraction of sp³-hybridized carbons (Fsp3) is 0.667. The predicted octanol–water partition coefficient (Wildman–Crippen LogP) is 3.95. The van der Waals surface area contributed by atoms with Crippen molar-refractivity contribution in [1.29, 1.82) is 0 Å². The average molecular weight is 274 g/mol. The van der Waals surface area contributed by atoms with Gasteiger partial charge >= 0.3 is 0 Å². The summed E-state index contributed by atoms with van der Waals surface area (Å²) < 4.78 is 0. The molecule has 0 bridgehead atoms. The first-order valence-electron chi connectivity index (χ1n) is 8.18. The molecule has 2 nitrogen and oxygen atoms in total. The lowest BCUT2D eigenvalue weighted by Crippen LogP contribution is -2.26. The maximum Gasteiger partial charge on any atom is 0.0332 e. The summed E-state index contributed by atoms with van der Waals surface area (Å²) >= 11 is 0. The fourth-order valence-electron chi connectivity index (χ4n) is 2.86. The van der Waals surface area contributed by atoms with E-state index >= 15 is 0 Å². The zero-order valence-electron chi connectivity index (χ0n) is 13.4. The van der Waals surface area contributed by atoms with E-state index in [0.29, 0.717) is 6.04 Å². The van der Waals surface area contributed by atoms with Gasteiger partial charge in [0.15, 0.2) is 0 Å². The molecule has 0 radical (unpaired) electrons. The van der Waals surface area contributed by atoms with Gasteiger partial charge in [0.1, 0.15) is 0 Å². The van der Waals surface area contributed by atoms with E-state index in [1.165, 1.54) is 37.7 Å². The van der Waals surface area contributed by atoms with E-state index in [1.807, 2.05) is 0 Å². The minimum Gasteiger partial charge on any atom is -0.310 e. The molecular formula is C18H30N2. The monoisotopic (exact) mass is 274 g/mol. The Morgan fingerprint density at radius 1 is 1.30 bits per heavy atom. The Morgan fingerprint density at radius 2 is 2.10 bits per heavy atom. The van der Waals surface area contributed by atoms with E-state index in [0.717, 1.165) is 19.0 Å². The third kappa shape index (κ3) is 4.32. The van der Waals surface area contributed by atoms with Crippen molar-refractivity contribution >= 4 is 0 Å². The lowest BCUT2D eigenvalue weighted by molar-refractivity contribution is 0.360. The topological polar surface area (TPSA) is 15.3 Å². The lowest BCUT2D eigenvalue weighted by Gasteiger charge is -2.27. The van der Waals surface area contributed by atoms with Crippen molar-refractivity contribution < 1.29 is 0 Å². The molecule has 1 aliphatic rings. The molecule has 0 heterocycles. The van der Waals surface area contributed by atoms with Crippen LogP contribution in [0.2, 0.25) is 0 Å². The smallest absolute Gasteiger partial charge is 0.0332 e. The van der Waals surface area contributed by atoms with Crippen LogP contribution in [0.5, 0.6) is 0 Å². The van der Waals surface area contributed by atoms with E-state index < -0.39 is 0 Å². The fourth-order valence-corrected chi connectivity index (χ4v) is 2.86. The van der Waals surface area contributed by atoms with E-state index in [-0.39, 0.29) is 0 Å². The van der Waals surface area contributed by atoms with Gasteiger partial charge in [0.05, 0.1) is 0 Å². The molecule has 1 fully saturated rings. The summed E-state index contributed by atoms with van der Waals surface area (Å²) in [5, 5.41) is 3.72. The van der Waals surface area contributed by atoms with Crippen LogP contribution in [-0.2, 0) is 0 Å². The van der Waals surface area contributed by atoms with Gasteiger partial charge < -0.3 is 10.2 Å². The normalized spacial score (nSPS) is 17.2. The van der Waals surface area contributed by atoms with Crippen LogP contribution in [-0.4, -0.2) is 32.1 Å². The number of nitrogens with one attached hydrogen (secondary N) is 1. The minimum absolute atomic E-state index is 0.498. The molecule has 20 heavy (non-hydrogen) atoms. The maximum absolute atomic E-state index is 3.72. The van der Waals surface area contributed by atoms with Gasteiger partial charge in [-0.2, -0.15) is 0 Å². The molecule has 1 aliphatic carbocycles. The molecule has 0 aromatic heterocycles. The summed E-state index contributed by atoms with van der Waals surface area (Å²) in [6.45, 7) is 4.47. The third-order valence-electron chi connectivity index (χ3n) is 4.40. The van der Waals surface area contributed by atoms with E-state index in [9.17, 15) is 0 Å². The maximum atomic E-state index is 3.72. The Kier molecular flexibility index (Phi) is 6.06. The molecule has 112 valence electrons. The molecule has 1 aromatic rings. The van der Waals surface area contributed by atoms with Crippen molar-refractivity contribution in [2.24, 2.45) is 0 Å². The Balaban J connectivity index is 2.05. The Bertz CT molecular complexity index is 396. The summed E-state index contributed by atoms with van der Waals surface area (Å²) in [7, 11) is 4.31. The minimum atomic E-state index is 0.498. The molecule has 1 atom stereocenters. The van der Waals surface area contributed by atoms with Crippen LogP contribution in [0.25, 0.3) is 0 Å². The van der Waals surface area contributed by atoms with Gasteiger partial charge in [-0.25, -0.2) is 0 Å². The molecule has 0 amide bonds. The number of hydrogen-bond donors (Lipinski definition) is 1. The number of rotatable bonds is 8. The largest absolute Gasteiger partial charge is 0.310 e. The molecule has 2 heteroatoms. The van der Waals surface area contributed by atoms with Crippen LogP contribution in [0.4, 0.5) is 0 Å². The second-order valence-electron chi connectivity index (χ2n) is 6.40. The van der Waals surface area contributed by atoms with Gasteiger partial charge in [-0.05, 0) is 69.9 Å². The van der Waals surface area contributed by atoms with Crippen LogP contribution in [0.15, 0.2) is 24.3 Å². The number of benzene rings is 1. The van der Waals surface area contributed by atoms with Gasteiger partial charge in [0.25, 0.3) is 0 Å². The Labute approximate surface area is 124 Å². The zero-order chi connectivity index (χ0) is 14.4. The molecule has 1 aromatic carbocycles. The highest BCUT2D eigenvalue weighted by atomic mass is 15.1. The molecule has 1 saturated carbocycles. The van der Waals surface area contributed by atoms with E-state index in [4.69, 9.17) is 0 Å². The first kappa shape index (κ1) is 15.5. The van der Waals surface area contributed by atoms with Crippen molar-refractivity contribution in [1.82, 2.24) is 10.2 Å². The van der Waals surface area contributed by atoms with Crippen LogP contribution < -0.4 is 5.32 Å². The summed E-state index contributed by atoms with van der Waals surface area (Å²) in [4.78, 5) is 2.27. The van der Waals surface area contributed by atoms with Crippen LogP contribution in [0, 0.1) is 0 Å². The summed E-state index contributed by atoms with van der Waals surface area (Å²) in [6, 6.07) is 9.81. The molecule has 2 rings (SSSR count). The second-order valence-corrected chi connectivity index (χ2v) is 6.40. The Hall–Kier alpha value is -0.860. The summed E-state index contributed by atoms with van der Waals surface area (Å²) in [6.07, 6.45) is 6.55. The van der Waals surface area contributed by atoms with Gasteiger partial charge in [0.2, 0.25) is 0 Å². The van der Waals surface area contributed by atoms with Gasteiger partial charge in [-0.15, -0.1) is 0 Å². The molecule has 0 saturated heterocycles. The van der Waals surface area contributed by atoms with Gasteiger partial charge in [-0.3, -0.25) is 0 Å². The van der Waals surface area contributed by atoms with Crippen molar-refractivity contribution in [3.8, 4) is 0 Å². The molecule has 0 aliphatic heterocycles. The number of hydrogen-bond acceptors (Lipinski definition) is 2. The highest BCUT2D eigenvalue weighted by Gasteiger charge is 2.20. The molecule has 1 unspecified atom stereocenters. The third-order valence-corrected chi connectivity index (χ3v) is 4.40. The summed E-state index contributed by atoms with van der Waals surface area (Å²) in [5.74, 6) is 0.829.